The van der Waals surface area contributed by atoms with Gasteiger partial charge in [-0.15, -0.1) is 0 Å². The van der Waals surface area contributed by atoms with E-state index in [4.69, 9.17) is 32.7 Å². The number of piperidine rings is 1. The second-order valence-electron chi connectivity index (χ2n) is 6.76. The molecular formula is C17H23Cl2NO3. The lowest BCUT2D eigenvalue weighted by Crippen LogP contribution is -2.43. The van der Waals surface area contributed by atoms with Gasteiger partial charge in [0.1, 0.15) is 5.60 Å². The topological polar surface area (TPSA) is 38.8 Å². The van der Waals surface area contributed by atoms with Crippen molar-refractivity contribution >= 4 is 29.3 Å². The summed E-state index contributed by atoms with van der Waals surface area (Å²) in [6.07, 6.45) is 1.48. The van der Waals surface area contributed by atoms with Crippen LogP contribution in [-0.4, -0.2) is 35.8 Å². The van der Waals surface area contributed by atoms with Crippen LogP contribution in [0.2, 0.25) is 10.0 Å². The summed E-state index contributed by atoms with van der Waals surface area (Å²) < 4.78 is 11.3. The zero-order chi connectivity index (χ0) is 17.0. The highest BCUT2D eigenvalue weighted by molar-refractivity contribution is 6.34. The number of halogens is 2. The molecule has 1 aliphatic heterocycles. The van der Waals surface area contributed by atoms with Gasteiger partial charge in [0.15, 0.2) is 0 Å². The molecule has 1 fully saturated rings. The second kappa shape index (κ2) is 7.73. The third kappa shape index (κ3) is 6.21. The first-order valence-corrected chi connectivity index (χ1v) is 8.53. The van der Waals surface area contributed by atoms with Gasteiger partial charge in [0.05, 0.1) is 12.7 Å². The van der Waals surface area contributed by atoms with Gasteiger partial charge in [-0.1, -0.05) is 23.2 Å². The number of hydrogen-bond donors (Lipinski definition) is 0. The molecule has 2 rings (SSSR count). The van der Waals surface area contributed by atoms with Crippen LogP contribution in [0.1, 0.15) is 39.2 Å². The third-order valence-electron chi connectivity index (χ3n) is 3.50. The molecule has 0 aromatic heterocycles. The van der Waals surface area contributed by atoms with E-state index in [1.54, 1.807) is 11.0 Å². The van der Waals surface area contributed by atoms with Gasteiger partial charge < -0.3 is 14.4 Å². The van der Waals surface area contributed by atoms with E-state index in [1.807, 2.05) is 32.9 Å². The molecule has 0 radical (unpaired) electrons. The lowest BCUT2D eigenvalue weighted by atomic mass is 10.1. The molecule has 128 valence electrons. The van der Waals surface area contributed by atoms with E-state index in [0.717, 1.165) is 18.4 Å². The van der Waals surface area contributed by atoms with Crippen molar-refractivity contribution in [1.82, 2.24) is 4.90 Å². The fraction of sp³-hybridized carbons (Fsp3) is 0.588. The number of nitrogens with zero attached hydrogens (tertiary/aromatic N) is 1. The first-order chi connectivity index (χ1) is 10.7. The number of rotatable bonds is 3. The Morgan fingerprint density at radius 1 is 1.17 bits per heavy atom. The average molecular weight is 360 g/mol. The predicted molar refractivity (Wildman–Crippen MR) is 92.1 cm³/mol. The van der Waals surface area contributed by atoms with Crippen LogP contribution in [0.5, 0.6) is 0 Å². The van der Waals surface area contributed by atoms with Crippen molar-refractivity contribution in [3.63, 3.8) is 0 Å². The zero-order valence-corrected chi connectivity index (χ0v) is 15.3. The van der Waals surface area contributed by atoms with E-state index in [2.05, 4.69) is 0 Å². The Bertz CT molecular complexity index is 529. The van der Waals surface area contributed by atoms with Crippen molar-refractivity contribution < 1.29 is 14.3 Å². The number of ether oxygens (including phenoxy) is 2. The Morgan fingerprint density at radius 2 is 1.74 bits per heavy atom. The molecule has 0 aliphatic carbocycles. The molecule has 0 unspecified atom stereocenters. The van der Waals surface area contributed by atoms with Gasteiger partial charge in [-0.3, -0.25) is 0 Å². The van der Waals surface area contributed by atoms with Crippen LogP contribution < -0.4 is 0 Å². The minimum atomic E-state index is -0.462. The summed E-state index contributed by atoms with van der Waals surface area (Å²) in [5, 5.41) is 1.21. The standard InChI is InChI=1S/C17H23Cl2NO3/c1-17(2,3)23-16(21)20-6-4-15(5-7-20)22-11-12-8-13(18)10-14(19)9-12/h8-10,15H,4-7,11H2,1-3H3. The average Bonchev–Trinajstić information content (AvgIpc) is 2.43. The summed E-state index contributed by atoms with van der Waals surface area (Å²) in [6, 6.07) is 5.40. The van der Waals surface area contributed by atoms with Crippen LogP contribution in [0.25, 0.3) is 0 Å². The number of amides is 1. The van der Waals surface area contributed by atoms with Gasteiger partial charge >= 0.3 is 6.09 Å². The highest BCUT2D eigenvalue weighted by Crippen LogP contribution is 2.22. The summed E-state index contributed by atoms with van der Waals surface area (Å²) in [5.41, 5.74) is 0.494. The van der Waals surface area contributed by atoms with Crippen molar-refractivity contribution in [1.29, 1.82) is 0 Å². The van der Waals surface area contributed by atoms with Crippen molar-refractivity contribution in [2.45, 2.75) is 51.9 Å². The molecular weight excluding hydrogens is 337 g/mol. The SMILES string of the molecule is CC(C)(C)OC(=O)N1CCC(OCc2cc(Cl)cc(Cl)c2)CC1. The van der Waals surface area contributed by atoms with E-state index in [9.17, 15) is 4.79 Å². The fourth-order valence-electron chi connectivity index (χ4n) is 2.44. The van der Waals surface area contributed by atoms with Crippen LogP contribution >= 0.6 is 23.2 Å². The molecule has 0 N–H and O–H groups in total. The van der Waals surface area contributed by atoms with Gasteiger partial charge in [0.25, 0.3) is 0 Å². The van der Waals surface area contributed by atoms with Crippen LogP contribution in [0.3, 0.4) is 0 Å². The maximum atomic E-state index is 12.0. The summed E-state index contributed by atoms with van der Waals surface area (Å²) in [7, 11) is 0. The van der Waals surface area contributed by atoms with Crippen LogP contribution in [-0.2, 0) is 16.1 Å². The molecule has 0 bridgehead atoms. The van der Waals surface area contributed by atoms with Crippen LogP contribution in [0.4, 0.5) is 4.79 Å². The Kier molecular flexibility index (Phi) is 6.18. The molecule has 1 amide bonds. The maximum absolute atomic E-state index is 12.0. The first kappa shape index (κ1) is 18.4. The van der Waals surface area contributed by atoms with Crippen LogP contribution in [0.15, 0.2) is 18.2 Å². The largest absolute Gasteiger partial charge is 0.444 e. The highest BCUT2D eigenvalue weighted by Gasteiger charge is 2.27. The number of carbonyl (C=O) groups is 1. The molecule has 0 saturated carbocycles. The number of carbonyl (C=O) groups excluding carboxylic acids is 1. The highest BCUT2D eigenvalue weighted by atomic mass is 35.5. The van der Waals surface area contributed by atoms with E-state index < -0.39 is 5.60 Å². The smallest absolute Gasteiger partial charge is 0.410 e. The quantitative estimate of drug-likeness (QED) is 0.769. The lowest BCUT2D eigenvalue weighted by Gasteiger charge is -2.33. The van der Waals surface area contributed by atoms with E-state index in [-0.39, 0.29) is 12.2 Å². The normalized spacial score (nSPS) is 16.5. The van der Waals surface area contributed by atoms with Crippen molar-refractivity contribution in [2.75, 3.05) is 13.1 Å². The lowest BCUT2D eigenvalue weighted by molar-refractivity contribution is -0.0170. The molecule has 23 heavy (non-hydrogen) atoms. The summed E-state index contributed by atoms with van der Waals surface area (Å²) in [6.45, 7) is 7.38. The number of hydrogen-bond acceptors (Lipinski definition) is 3. The molecule has 0 atom stereocenters. The van der Waals surface area contributed by atoms with Gasteiger partial charge in [-0.05, 0) is 57.4 Å². The third-order valence-corrected chi connectivity index (χ3v) is 3.94. The minimum absolute atomic E-state index is 0.131. The van der Waals surface area contributed by atoms with E-state index in [1.165, 1.54) is 0 Å². The molecule has 1 aromatic carbocycles. The summed E-state index contributed by atoms with van der Waals surface area (Å²) in [5.74, 6) is 0. The monoisotopic (exact) mass is 359 g/mol. The Morgan fingerprint density at radius 3 is 2.26 bits per heavy atom. The Balaban J connectivity index is 1.77. The molecule has 0 spiro atoms. The number of likely N-dealkylation sites (tertiary alicyclic amines) is 1. The van der Waals surface area contributed by atoms with Crippen molar-refractivity contribution in [2.24, 2.45) is 0 Å². The Labute approximate surface area is 147 Å². The van der Waals surface area contributed by atoms with Gasteiger partial charge in [-0.25, -0.2) is 4.79 Å². The molecule has 6 heteroatoms. The van der Waals surface area contributed by atoms with Crippen molar-refractivity contribution in [3.05, 3.63) is 33.8 Å². The first-order valence-electron chi connectivity index (χ1n) is 7.77. The summed E-state index contributed by atoms with van der Waals surface area (Å²) in [4.78, 5) is 13.7. The van der Waals surface area contributed by atoms with Crippen molar-refractivity contribution in [3.8, 4) is 0 Å². The molecule has 1 aromatic rings. The number of benzene rings is 1. The predicted octanol–water partition coefficient (Wildman–Crippen LogP) is 4.91. The van der Waals surface area contributed by atoms with E-state index >= 15 is 0 Å². The summed E-state index contributed by atoms with van der Waals surface area (Å²) >= 11 is 12.0. The molecule has 1 saturated heterocycles. The van der Waals surface area contributed by atoms with Crippen LogP contribution in [0, 0.1) is 0 Å². The van der Waals surface area contributed by atoms with Gasteiger partial charge in [-0.2, -0.15) is 0 Å². The Hall–Kier alpha value is -0.970. The minimum Gasteiger partial charge on any atom is -0.444 e. The molecule has 1 heterocycles. The maximum Gasteiger partial charge on any atom is 0.410 e. The molecule has 1 aliphatic rings. The molecule has 4 nitrogen and oxygen atoms in total. The van der Waals surface area contributed by atoms with Gasteiger partial charge in [0.2, 0.25) is 0 Å². The fourth-order valence-corrected chi connectivity index (χ4v) is 3.01. The van der Waals surface area contributed by atoms with E-state index in [0.29, 0.717) is 29.7 Å². The van der Waals surface area contributed by atoms with Gasteiger partial charge in [0, 0.05) is 23.1 Å². The zero-order valence-electron chi connectivity index (χ0n) is 13.8. The second-order valence-corrected chi connectivity index (χ2v) is 7.63.